The number of nitrogens with zero attached hydrogens (tertiary/aromatic N) is 1. The van der Waals surface area contributed by atoms with Gasteiger partial charge in [0, 0.05) is 16.7 Å². The number of nitro groups is 1. The second-order valence-corrected chi connectivity index (χ2v) is 6.07. The molecule has 0 aliphatic heterocycles. The Hall–Kier alpha value is -2.12. The number of halogens is 2. The van der Waals surface area contributed by atoms with Gasteiger partial charge in [0.25, 0.3) is 5.69 Å². The molecular weight excluding hydrogens is 388 g/mol. The molecule has 0 radical (unpaired) electrons. The predicted octanol–water partition coefficient (Wildman–Crippen LogP) is 5.24. The third-order valence-corrected chi connectivity index (χ3v) is 4.09. The maximum atomic E-state index is 11.9. The molecule has 6 nitrogen and oxygen atoms in total. The molecule has 2 aromatic carbocycles. The quantitative estimate of drug-likeness (QED) is 0.565. The zero-order chi connectivity index (χ0) is 17.1. The standard InChI is InChI=1S/C15H12BrClN2O4/c1-8-3-4-10(6-13(8)19(21)22)18-15(20)23-14-5-9(2)12(17)7-11(14)16/h3-7H,1-2H3,(H,18,20). The highest BCUT2D eigenvalue weighted by atomic mass is 79.9. The fourth-order valence-corrected chi connectivity index (χ4v) is 2.56. The molecule has 23 heavy (non-hydrogen) atoms. The van der Waals surface area contributed by atoms with Crippen LogP contribution in [0.1, 0.15) is 11.1 Å². The molecule has 0 unspecified atom stereocenters. The number of ether oxygens (including phenoxy) is 1. The van der Waals surface area contributed by atoms with Gasteiger partial charge in [0.1, 0.15) is 5.75 Å². The van der Waals surface area contributed by atoms with Crippen LogP contribution in [0, 0.1) is 24.0 Å². The number of amides is 1. The first kappa shape index (κ1) is 17.2. The molecule has 0 saturated heterocycles. The molecule has 0 aliphatic rings. The third-order valence-electron chi connectivity index (χ3n) is 3.07. The average molecular weight is 400 g/mol. The summed E-state index contributed by atoms with van der Waals surface area (Å²) in [5, 5.41) is 13.9. The van der Waals surface area contributed by atoms with Gasteiger partial charge in [0.15, 0.2) is 0 Å². The van der Waals surface area contributed by atoms with Gasteiger partial charge in [-0.15, -0.1) is 0 Å². The van der Waals surface area contributed by atoms with E-state index in [1.165, 1.54) is 6.07 Å². The summed E-state index contributed by atoms with van der Waals surface area (Å²) in [6, 6.07) is 7.63. The lowest BCUT2D eigenvalue weighted by molar-refractivity contribution is -0.385. The average Bonchev–Trinajstić information content (AvgIpc) is 2.46. The van der Waals surface area contributed by atoms with Gasteiger partial charge in [0.05, 0.1) is 15.1 Å². The molecule has 120 valence electrons. The molecule has 1 amide bonds. The number of aryl methyl sites for hydroxylation is 2. The second-order valence-electron chi connectivity index (χ2n) is 4.80. The van der Waals surface area contributed by atoms with Gasteiger partial charge in [-0.05, 0) is 53.5 Å². The highest BCUT2D eigenvalue weighted by Crippen LogP contribution is 2.31. The molecular formula is C15H12BrClN2O4. The van der Waals surface area contributed by atoms with E-state index in [0.29, 0.717) is 20.8 Å². The number of carbonyl (C=O) groups is 1. The largest absolute Gasteiger partial charge is 0.417 e. The van der Waals surface area contributed by atoms with E-state index in [0.717, 1.165) is 5.56 Å². The summed E-state index contributed by atoms with van der Waals surface area (Å²) in [6.45, 7) is 3.40. The van der Waals surface area contributed by atoms with Crippen LogP contribution in [0.25, 0.3) is 0 Å². The fraction of sp³-hybridized carbons (Fsp3) is 0.133. The van der Waals surface area contributed by atoms with E-state index in [4.69, 9.17) is 16.3 Å². The van der Waals surface area contributed by atoms with Crippen molar-refractivity contribution in [1.29, 1.82) is 0 Å². The van der Waals surface area contributed by atoms with E-state index in [-0.39, 0.29) is 11.4 Å². The van der Waals surface area contributed by atoms with Crippen LogP contribution in [0.5, 0.6) is 5.75 Å². The minimum atomic E-state index is -0.759. The molecule has 2 aromatic rings. The summed E-state index contributed by atoms with van der Waals surface area (Å²) in [5.74, 6) is 0.297. The molecule has 0 fully saturated rings. The summed E-state index contributed by atoms with van der Waals surface area (Å²) in [5.41, 5.74) is 1.45. The van der Waals surface area contributed by atoms with E-state index in [1.54, 1.807) is 38.1 Å². The van der Waals surface area contributed by atoms with Gasteiger partial charge >= 0.3 is 6.09 Å². The molecule has 0 aliphatic carbocycles. The number of hydrogen-bond acceptors (Lipinski definition) is 4. The van der Waals surface area contributed by atoms with Gasteiger partial charge in [-0.1, -0.05) is 17.7 Å². The monoisotopic (exact) mass is 398 g/mol. The summed E-state index contributed by atoms with van der Waals surface area (Å²) < 4.78 is 5.72. The van der Waals surface area contributed by atoms with E-state index in [9.17, 15) is 14.9 Å². The Balaban J connectivity index is 2.16. The van der Waals surface area contributed by atoms with Crippen molar-refractivity contribution < 1.29 is 14.5 Å². The zero-order valence-electron chi connectivity index (χ0n) is 12.2. The number of nitrogens with one attached hydrogen (secondary N) is 1. The van der Waals surface area contributed by atoms with Crippen LogP contribution in [0.4, 0.5) is 16.2 Å². The summed E-state index contributed by atoms with van der Waals surface area (Å²) in [4.78, 5) is 22.3. The Bertz CT molecular complexity index is 795. The Kier molecular flexibility index (Phi) is 5.23. The maximum Gasteiger partial charge on any atom is 0.417 e. The van der Waals surface area contributed by atoms with Gasteiger partial charge in [0.2, 0.25) is 0 Å². The number of hydrogen-bond donors (Lipinski definition) is 1. The first-order chi connectivity index (χ1) is 10.8. The van der Waals surface area contributed by atoms with Crippen LogP contribution in [0.2, 0.25) is 5.02 Å². The number of anilines is 1. The first-order valence-electron chi connectivity index (χ1n) is 6.47. The summed E-state index contributed by atoms with van der Waals surface area (Å²) in [7, 11) is 0. The molecule has 0 saturated carbocycles. The number of benzene rings is 2. The van der Waals surface area contributed by atoms with Gasteiger partial charge in [-0.25, -0.2) is 4.79 Å². The van der Waals surface area contributed by atoms with Crippen molar-refractivity contribution in [1.82, 2.24) is 0 Å². The highest BCUT2D eigenvalue weighted by molar-refractivity contribution is 9.10. The van der Waals surface area contributed by atoms with Crippen molar-refractivity contribution in [2.24, 2.45) is 0 Å². The van der Waals surface area contributed by atoms with E-state index in [2.05, 4.69) is 21.2 Å². The van der Waals surface area contributed by atoms with Crippen molar-refractivity contribution in [3.8, 4) is 5.75 Å². The third kappa shape index (κ3) is 4.20. The second kappa shape index (κ2) is 6.97. The lowest BCUT2D eigenvalue weighted by atomic mass is 10.2. The van der Waals surface area contributed by atoms with Gasteiger partial charge < -0.3 is 4.74 Å². The molecule has 0 spiro atoms. The van der Waals surface area contributed by atoms with Crippen molar-refractivity contribution in [2.45, 2.75) is 13.8 Å². The number of rotatable bonds is 3. The van der Waals surface area contributed by atoms with Crippen molar-refractivity contribution in [2.75, 3.05) is 5.32 Å². The normalized spacial score (nSPS) is 10.3. The Morgan fingerprint density at radius 1 is 1.26 bits per heavy atom. The smallest absolute Gasteiger partial charge is 0.409 e. The molecule has 1 N–H and O–H groups in total. The Labute approximate surface area is 145 Å². The lowest BCUT2D eigenvalue weighted by Gasteiger charge is -2.10. The Morgan fingerprint density at radius 3 is 2.61 bits per heavy atom. The predicted molar refractivity (Wildman–Crippen MR) is 91.4 cm³/mol. The molecule has 0 atom stereocenters. The zero-order valence-corrected chi connectivity index (χ0v) is 14.6. The first-order valence-corrected chi connectivity index (χ1v) is 7.64. The van der Waals surface area contributed by atoms with Crippen molar-refractivity contribution in [3.63, 3.8) is 0 Å². The van der Waals surface area contributed by atoms with Crippen molar-refractivity contribution in [3.05, 3.63) is 61.1 Å². The van der Waals surface area contributed by atoms with Crippen LogP contribution in [0.15, 0.2) is 34.8 Å². The highest BCUT2D eigenvalue weighted by Gasteiger charge is 2.14. The van der Waals surface area contributed by atoms with E-state index < -0.39 is 11.0 Å². The van der Waals surface area contributed by atoms with E-state index in [1.807, 2.05) is 0 Å². The molecule has 0 heterocycles. The molecule has 8 heteroatoms. The van der Waals surface area contributed by atoms with Crippen LogP contribution in [0.3, 0.4) is 0 Å². The molecule has 0 bridgehead atoms. The lowest BCUT2D eigenvalue weighted by Crippen LogP contribution is -2.17. The minimum absolute atomic E-state index is 0.0775. The van der Waals surface area contributed by atoms with Crippen LogP contribution in [-0.2, 0) is 0 Å². The van der Waals surface area contributed by atoms with Crippen LogP contribution >= 0.6 is 27.5 Å². The summed E-state index contributed by atoms with van der Waals surface area (Å²) >= 11 is 9.22. The Morgan fingerprint density at radius 2 is 1.96 bits per heavy atom. The minimum Gasteiger partial charge on any atom is -0.409 e. The maximum absolute atomic E-state index is 11.9. The topological polar surface area (TPSA) is 81.5 Å². The van der Waals surface area contributed by atoms with Gasteiger partial charge in [-0.2, -0.15) is 0 Å². The van der Waals surface area contributed by atoms with E-state index >= 15 is 0 Å². The SMILES string of the molecule is Cc1cc(OC(=O)Nc2ccc(C)c([N+](=O)[O-])c2)c(Br)cc1Cl. The van der Waals surface area contributed by atoms with Gasteiger partial charge in [-0.3, -0.25) is 15.4 Å². The molecule has 0 aromatic heterocycles. The number of carbonyl (C=O) groups excluding carboxylic acids is 1. The van der Waals surface area contributed by atoms with Crippen LogP contribution < -0.4 is 10.1 Å². The van der Waals surface area contributed by atoms with Crippen molar-refractivity contribution >= 4 is 45.0 Å². The van der Waals surface area contributed by atoms with Crippen LogP contribution in [-0.4, -0.2) is 11.0 Å². The summed E-state index contributed by atoms with van der Waals surface area (Å²) in [6.07, 6.45) is -0.759. The molecule has 2 rings (SSSR count). The fourth-order valence-electron chi connectivity index (χ4n) is 1.84. The number of nitro benzene ring substituents is 1.